The van der Waals surface area contributed by atoms with Gasteiger partial charge in [0.15, 0.2) is 0 Å². The second-order valence-electron chi connectivity index (χ2n) is 5.16. The van der Waals surface area contributed by atoms with Crippen molar-refractivity contribution in [3.05, 3.63) is 23.4 Å². The zero-order chi connectivity index (χ0) is 16.7. The van der Waals surface area contributed by atoms with E-state index in [-0.39, 0.29) is 30.2 Å². The summed E-state index contributed by atoms with van der Waals surface area (Å²) in [5.41, 5.74) is 0.437. The molecular weight excluding hydrogens is 288 g/mol. The van der Waals surface area contributed by atoms with Gasteiger partial charge in [-0.2, -0.15) is 5.10 Å². The van der Waals surface area contributed by atoms with Crippen molar-refractivity contribution in [3.8, 4) is 5.88 Å². The summed E-state index contributed by atoms with van der Waals surface area (Å²) in [6, 6.07) is 0. The van der Waals surface area contributed by atoms with Gasteiger partial charge in [0, 0.05) is 5.57 Å². The smallest absolute Gasteiger partial charge is 0.345 e. The van der Waals surface area contributed by atoms with E-state index < -0.39 is 11.9 Å². The fourth-order valence-corrected chi connectivity index (χ4v) is 1.56. The number of hydrogen-bond donors (Lipinski definition) is 1. The molecule has 1 aromatic heterocycles. The Hall–Kier alpha value is -2.31. The van der Waals surface area contributed by atoms with Crippen LogP contribution in [-0.2, 0) is 16.1 Å². The van der Waals surface area contributed by atoms with Gasteiger partial charge in [-0.3, -0.25) is 0 Å². The predicted octanol–water partition coefficient (Wildman–Crippen LogP) is 2.13. The molecule has 0 bridgehead atoms. The fraction of sp³-hybridized carbons (Fsp3) is 0.533. The van der Waals surface area contributed by atoms with Crippen LogP contribution in [0.25, 0.3) is 0 Å². The van der Waals surface area contributed by atoms with Crippen LogP contribution in [0.1, 0.15) is 38.1 Å². The van der Waals surface area contributed by atoms with Crippen LogP contribution in [0.4, 0.5) is 0 Å². The summed E-state index contributed by atoms with van der Waals surface area (Å²) in [7, 11) is 0. The second kappa shape index (κ2) is 8.21. The van der Waals surface area contributed by atoms with E-state index in [1.54, 1.807) is 6.92 Å². The Morgan fingerprint density at radius 1 is 1.45 bits per heavy atom. The first-order chi connectivity index (χ1) is 10.4. The largest absolute Gasteiger partial charge is 0.478 e. The lowest BCUT2D eigenvalue weighted by molar-refractivity contribution is -0.132. The quantitative estimate of drug-likeness (QED) is 0.584. The summed E-state index contributed by atoms with van der Waals surface area (Å²) in [4.78, 5) is 22.7. The lowest BCUT2D eigenvalue weighted by Crippen LogP contribution is -2.13. The van der Waals surface area contributed by atoms with Gasteiger partial charge in [-0.15, -0.1) is 0 Å². The van der Waals surface area contributed by atoms with Crippen LogP contribution in [0.3, 0.4) is 0 Å². The third kappa shape index (κ3) is 4.91. The number of hydrogen-bond acceptors (Lipinski definition) is 5. The van der Waals surface area contributed by atoms with Gasteiger partial charge < -0.3 is 14.6 Å². The minimum absolute atomic E-state index is 0.197. The number of carbonyl (C=O) groups excluding carboxylic acids is 1. The van der Waals surface area contributed by atoms with Crippen LogP contribution >= 0.6 is 0 Å². The molecule has 1 heterocycles. The van der Waals surface area contributed by atoms with Gasteiger partial charge in [0.25, 0.3) is 0 Å². The maximum absolute atomic E-state index is 11.9. The molecule has 0 aliphatic carbocycles. The fourth-order valence-electron chi connectivity index (χ4n) is 1.56. The topological polar surface area (TPSA) is 90.7 Å². The van der Waals surface area contributed by atoms with E-state index in [9.17, 15) is 9.59 Å². The van der Waals surface area contributed by atoms with E-state index in [1.165, 1.54) is 23.9 Å². The first-order valence-electron chi connectivity index (χ1n) is 7.12. The van der Waals surface area contributed by atoms with Crippen molar-refractivity contribution < 1.29 is 24.2 Å². The highest BCUT2D eigenvalue weighted by atomic mass is 16.5. The Labute approximate surface area is 129 Å². The van der Waals surface area contributed by atoms with Crippen molar-refractivity contribution >= 4 is 11.9 Å². The lowest BCUT2D eigenvalue weighted by atomic mass is 10.2. The third-order valence-electron chi connectivity index (χ3n) is 2.75. The van der Waals surface area contributed by atoms with Crippen LogP contribution in [0, 0.1) is 5.92 Å². The molecule has 0 spiro atoms. The van der Waals surface area contributed by atoms with Gasteiger partial charge in [-0.05, 0) is 19.8 Å². The molecule has 0 unspecified atom stereocenters. The molecule has 1 aromatic rings. The predicted molar refractivity (Wildman–Crippen MR) is 79.9 cm³/mol. The van der Waals surface area contributed by atoms with Crippen molar-refractivity contribution in [1.82, 2.24) is 9.78 Å². The Bertz CT molecular complexity index is 560. The molecule has 122 valence electrons. The van der Waals surface area contributed by atoms with Crippen molar-refractivity contribution in [3.63, 3.8) is 0 Å². The molecular formula is C15H22N2O5. The Morgan fingerprint density at radius 3 is 2.68 bits per heavy atom. The van der Waals surface area contributed by atoms with Crippen LogP contribution in [0.2, 0.25) is 0 Å². The average Bonchev–Trinajstić information content (AvgIpc) is 2.85. The van der Waals surface area contributed by atoms with Gasteiger partial charge >= 0.3 is 11.9 Å². The van der Waals surface area contributed by atoms with E-state index in [1.807, 2.05) is 13.8 Å². The van der Waals surface area contributed by atoms with Gasteiger partial charge in [0.1, 0.15) is 5.56 Å². The highest BCUT2D eigenvalue weighted by molar-refractivity contribution is 5.91. The molecule has 1 rings (SSSR count). The summed E-state index contributed by atoms with van der Waals surface area (Å²) in [6.07, 6.45) is 2.88. The van der Waals surface area contributed by atoms with Crippen LogP contribution in [-0.4, -0.2) is 40.0 Å². The number of esters is 1. The molecule has 0 aliphatic heterocycles. The molecule has 0 amide bonds. The highest BCUT2D eigenvalue weighted by Gasteiger charge is 2.20. The highest BCUT2D eigenvalue weighted by Crippen LogP contribution is 2.20. The minimum atomic E-state index is -0.998. The number of aromatic nitrogens is 2. The zero-order valence-corrected chi connectivity index (χ0v) is 13.3. The van der Waals surface area contributed by atoms with Crippen LogP contribution in [0.5, 0.6) is 5.88 Å². The SMILES string of the molecule is CCOC(=O)c1cnn(C/C=C(\C)C(=O)O)c1OCC(C)C. The molecule has 0 saturated heterocycles. The summed E-state index contributed by atoms with van der Waals surface area (Å²) in [6.45, 7) is 8.05. The Kier molecular flexibility index (Phi) is 6.62. The number of carboxylic acid groups (broad SMARTS) is 1. The molecule has 1 N–H and O–H groups in total. The molecule has 7 nitrogen and oxygen atoms in total. The van der Waals surface area contributed by atoms with E-state index in [2.05, 4.69) is 5.10 Å². The van der Waals surface area contributed by atoms with Gasteiger partial charge in [0.2, 0.25) is 5.88 Å². The lowest BCUT2D eigenvalue weighted by Gasteiger charge is -2.12. The van der Waals surface area contributed by atoms with Gasteiger partial charge in [-0.25, -0.2) is 14.3 Å². The van der Waals surface area contributed by atoms with Gasteiger partial charge in [-0.1, -0.05) is 19.9 Å². The zero-order valence-electron chi connectivity index (χ0n) is 13.3. The van der Waals surface area contributed by atoms with E-state index in [0.29, 0.717) is 12.5 Å². The number of aliphatic carboxylic acids is 1. The van der Waals surface area contributed by atoms with Crippen molar-refractivity contribution in [2.75, 3.05) is 13.2 Å². The molecule has 7 heteroatoms. The number of ether oxygens (including phenoxy) is 2. The summed E-state index contributed by atoms with van der Waals surface area (Å²) >= 11 is 0. The second-order valence-corrected chi connectivity index (χ2v) is 5.16. The van der Waals surface area contributed by atoms with Crippen molar-refractivity contribution in [1.29, 1.82) is 0 Å². The Balaban J connectivity index is 3.02. The molecule has 22 heavy (non-hydrogen) atoms. The summed E-state index contributed by atoms with van der Waals surface area (Å²) in [5.74, 6) is -0.940. The first-order valence-corrected chi connectivity index (χ1v) is 7.12. The molecule has 0 atom stereocenters. The molecule has 0 aromatic carbocycles. The van der Waals surface area contributed by atoms with Crippen molar-refractivity contribution in [2.45, 2.75) is 34.2 Å². The maximum Gasteiger partial charge on any atom is 0.345 e. The monoisotopic (exact) mass is 310 g/mol. The number of rotatable bonds is 8. The molecule has 0 aliphatic rings. The average molecular weight is 310 g/mol. The van der Waals surface area contributed by atoms with Crippen molar-refractivity contribution in [2.24, 2.45) is 5.92 Å². The standard InChI is InChI=1S/C15H22N2O5/c1-5-21-15(20)12-8-16-17(7-6-11(4)14(18)19)13(12)22-9-10(2)3/h6,8,10H,5,7,9H2,1-4H3,(H,18,19)/b11-6+. The van der Waals surface area contributed by atoms with Gasteiger partial charge in [0.05, 0.1) is 26.0 Å². The summed E-state index contributed by atoms with van der Waals surface area (Å²) < 4.78 is 12.1. The normalized spacial score (nSPS) is 11.6. The van der Waals surface area contributed by atoms with Crippen LogP contribution in [0.15, 0.2) is 17.8 Å². The maximum atomic E-state index is 11.9. The number of allylic oxidation sites excluding steroid dienone is 1. The third-order valence-corrected chi connectivity index (χ3v) is 2.75. The minimum Gasteiger partial charge on any atom is -0.478 e. The molecule has 0 saturated carbocycles. The number of carbonyl (C=O) groups is 2. The summed E-state index contributed by atoms with van der Waals surface area (Å²) in [5, 5.41) is 12.9. The Morgan fingerprint density at radius 2 is 2.14 bits per heavy atom. The molecule has 0 fully saturated rings. The van der Waals surface area contributed by atoms with Crippen LogP contribution < -0.4 is 4.74 Å². The molecule has 0 radical (unpaired) electrons. The van der Waals surface area contributed by atoms with E-state index >= 15 is 0 Å². The van der Waals surface area contributed by atoms with E-state index in [0.717, 1.165) is 0 Å². The first kappa shape index (κ1) is 17.7. The number of nitrogens with zero attached hydrogens (tertiary/aromatic N) is 2. The van der Waals surface area contributed by atoms with E-state index in [4.69, 9.17) is 14.6 Å². The number of carboxylic acids is 1.